The largest absolute Gasteiger partial charge is 0.489 e. The summed E-state index contributed by atoms with van der Waals surface area (Å²) in [6.45, 7) is 2.29. The fourth-order valence-electron chi connectivity index (χ4n) is 4.30. The number of halogens is 1. The van der Waals surface area contributed by atoms with Crippen LogP contribution in [-0.2, 0) is 6.61 Å². The molecule has 1 saturated heterocycles. The third kappa shape index (κ3) is 5.35. The van der Waals surface area contributed by atoms with Gasteiger partial charge in [-0.1, -0.05) is 35.9 Å². The Morgan fingerprint density at radius 3 is 2.69 bits per heavy atom. The molecule has 182 valence electrons. The highest BCUT2D eigenvalue weighted by molar-refractivity contribution is 6.32. The predicted molar refractivity (Wildman–Crippen MR) is 141 cm³/mol. The van der Waals surface area contributed by atoms with Crippen molar-refractivity contribution in [2.24, 2.45) is 0 Å². The molecule has 36 heavy (non-hydrogen) atoms. The van der Waals surface area contributed by atoms with Gasteiger partial charge in [0.15, 0.2) is 0 Å². The molecule has 4 aromatic rings. The number of anilines is 2. The van der Waals surface area contributed by atoms with E-state index in [0.29, 0.717) is 22.2 Å². The van der Waals surface area contributed by atoms with Gasteiger partial charge in [0.05, 0.1) is 27.6 Å². The highest BCUT2D eigenvalue weighted by Gasteiger charge is 2.20. The highest BCUT2D eigenvalue weighted by Crippen LogP contribution is 2.35. The van der Waals surface area contributed by atoms with Gasteiger partial charge in [0, 0.05) is 24.3 Å². The molecule has 1 aliphatic heterocycles. The Morgan fingerprint density at radius 1 is 1.06 bits per heavy atom. The second-order valence-corrected chi connectivity index (χ2v) is 9.23. The molecule has 0 atom stereocenters. The molecule has 0 bridgehead atoms. The minimum Gasteiger partial charge on any atom is -0.489 e. The third-order valence-electron chi connectivity index (χ3n) is 6.30. The average molecular weight is 500 g/mol. The van der Waals surface area contributed by atoms with E-state index in [1.807, 2.05) is 42.5 Å². The minimum atomic E-state index is 0.164. The molecular weight excluding hydrogens is 474 g/mol. The number of nitrogens with zero attached hydrogens (tertiary/aromatic N) is 4. The lowest BCUT2D eigenvalue weighted by Crippen LogP contribution is -2.35. The smallest absolute Gasteiger partial charge is 0.145 e. The molecule has 3 aromatic carbocycles. The molecule has 0 radical (unpaired) electrons. The number of hydrogen-bond acceptors (Lipinski definition) is 7. The fraction of sp³-hybridized carbons (Fsp3) is 0.250. The van der Waals surface area contributed by atoms with Gasteiger partial charge in [-0.2, -0.15) is 5.26 Å². The van der Waals surface area contributed by atoms with Gasteiger partial charge in [0.2, 0.25) is 0 Å². The first-order chi connectivity index (χ1) is 17.6. The topological polar surface area (TPSA) is 83.3 Å². The molecule has 2 heterocycles. The molecule has 7 nitrogen and oxygen atoms in total. The van der Waals surface area contributed by atoms with Gasteiger partial charge in [0.25, 0.3) is 0 Å². The second kappa shape index (κ2) is 10.8. The molecule has 0 aliphatic carbocycles. The Kier molecular flexibility index (Phi) is 7.17. The summed E-state index contributed by atoms with van der Waals surface area (Å²) in [7, 11) is 2.14. The van der Waals surface area contributed by atoms with Gasteiger partial charge in [-0.3, -0.25) is 0 Å². The van der Waals surface area contributed by atoms with E-state index in [9.17, 15) is 5.26 Å². The van der Waals surface area contributed by atoms with E-state index in [0.717, 1.165) is 53.8 Å². The number of nitriles is 1. The van der Waals surface area contributed by atoms with Crippen LogP contribution in [0.2, 0.25) is 5.02 Å². The van der Waals surface area contributed by atoms with Crippen LogP contribution in [0.15, 0.2) is 67.0 Å². The predicted octanol–water partition coefficient (Wildman–Crippen LogP) is 5.95. The number of piperidine rings is 1. The summed E-state index contributed by atoms with van der Waals surface area (Å²) < 4.78 is 12.3. The molecular formula is C28H26ClN5O2. The van der Waals surface area contributed by atoms with Crippen molar-refractivity contribution in [2.75, 3.05) is 25.5 Å². The van der Waals surface area contributed by atoms with Crippen molar-refractivity contribution < 1.29 is 9.47 Å². The standard InChI is InChI=1S/C28H26ClN5O2/c1-34-13-11-22(12-14-34)36-26-8-4-7-24-27(26)28(32-18-31-24)33-21-9-10-25(23(29)15-21)35-17-20-6-3-2-5-19(20)16-30/h2-10,15,18,22H,11-14,17H2,1H3,(H,31,32,33). The van der Waals surface area contributed by atoms with Crippen molar-refractivity contribution in [1.82, 2.24) is 14.9 Å². The lowest BCUT2D eigenvalue weighted by Gasteiger charge is -2.29. The van der Waals surface area contributed by atoms with Crippen LogP contribution >= 0.6 is 11.6 Å². The molecule has 1 fully saturated rings. The maximum absolute atomic E-state index is 9.28. The van der Waals surface area contributed by atoms with E-state index < -0.39 is 0 Å². The number of hydrogen-bond donors (Lipinski definition) is 1. The summed E-state index contributed by atoms with van der Waals surface area (Å²) in [5.41, 5.74) is 2.96. The van der Waals surface area contributed by atoms with Crippen LogP contribution in [0.1, 0.15) is 24.0 Å². The summed E-state index contributed by atoms with van der Waals surface area (Å²) in [6, 6.07) is 20.9. The molecule has 5 rings (SSSR count). The molecule has 1 aromatic heterocycles. The van der Waals surface area contributed by atoms with Crippen molar-refractivity contribution in [3.05, 3.63) is 83.1 Å². The molecule has 1 aliphatic rings. The molecule has 0 amide bonds. The van der Waals surface area contributed by atoms with E-state index in [1.54, 1.807) is 18.2 Å². The van der Waals surface area contributed by atoms with Crippen molar-refractivity contribution in [3.63, 3.8) is 0 Å². The minimum absolute atomic E-state index is 0.164. The van der Waals surface area contributed by atoms with Gasteiger partial charge in [-0.05, 0) is 56.3 Å². The normalized spacial score (nSPS) is 14.4. The van der Waals surface area contributed by atoms with Crippen LogP contribution in [-0.4, -0.2) is 41.1 Å². The Balaban J connectivity index is 1.35. The Bertz CT molecular complexity index is 1410. The summed E-state index contributed by atoms with van der Waals surface area (Å²) in [5.74, 6) is 1.96. The van der Waals surface area contributed by atoms with Crippen LogP contribution < -0.4 is 14.8 Å². The van der Waals surface area contributed by atoms with Crippen molar-refractivity contribution in [3.8, 4) is 17.6 Å². The van der Waals surface area contributed by atoms with Gasteiger partial charge < -0.3 is 19.7 Å². The first-order valence-electron chi connectivity index (χ1n) is 11.9. The fourth-order valence-corrected chi connectivity index (χ4v) is 4.53. The zero-order chi connectivity index (χ0) is 24.9. The number of ether oxygens (including phenoxy) is 2. The van der Waals surface area contributed by atoms with Crippen molar-refractivity contribution in [2.45, 2.75) is 25.6 Å². The molecule has 0 saturated carbocycles. The zero-order valence-electron chi connectivity index (χ0n) is 19.9. The maximum Gasteiger partial charge on any atom is 0.145 e. The third-order valence-corrected chi connectivity index (χ3v) is 6.59. The lowest BCUT2D eigenvalue weighted by molar-refractivity contribution is 0.116. The summed E-state index contributed by atoms with van der Waals surface area (Å²) >= 11 is 6.53. The van der Waals surface area contributed by atoms with E-state index in [4.69, 9.17) is 21.1 Å². The average Bonchev–Trinajstić information content (AvgIpc) is 2.90. The van der Waals surface area contributed by atoms with Crippen molar-refractivity contribution >= 4 is 34.0 Å². The number of fused-ring (bicyclic) bond motifs is 1. The SMILES string of the molecule is CN1CCC(Oc2cccc3ncnc(Nc4ccc(OCc5ccccc5C#N)c(Cl)c4)c23)CC1. The van der Waals surface area contributed by atoms with Crippen LogP contribution in [0.5, 0.6) is 11.5 Å². The molecule has 1 N–H and O–H groups in total. The lowest BCUT2D eigenvalue weighted by atomic mass is 10.1. The van der Waals surface area contributed by atoms with Crippen LogP contribution in [0.4, 0.5) is 11.5 Å². The zero-order valence-corrected chi connectivity index (χ0v) is 20.7. The van der Waals surface area contributed by atoms with E-state index >= 15 is 0 Å². The number of likely N-dealkylation sites (tertiary alicyclic amines) is 1. The van der Waals surface area contributed by atoms with Gasteiger partial charge in [0.1, 0.15) is 36.4 Å². The first kappa shape index (κ1) is 23.9. The second-order valence-electron chi connectivity index (χ2n) is 8.82. The summed E-state index contributed by atoms with van der Waals surface area (Å²) in [4.78, 5) is 11.3. The van der Waals surface area contributed by atoms with Crippen LogP contribution in [0.25, 0.3) is 10.9 Å². The number of benzene rings is 3. The number of nitrogens with one attached hydrogen (secondary N) is 1. The number of aromatic nitrogens is 2. The van der Waals surface area contributed by atoms with E-state index in [-0.39, 0.29) is 12.7 Å². The molecule has 0 unspecified atom stereocenters. The Hall–Kier alpha value is -3.86. The van der Waals surface area contributed by atoms with Gasteiger partial charge >= 0.3 is 0 Å². The van der Waals surface area contributed by atoms with Crippen LogP contribution in [0, 0.1) is 11.3 Å². The van der Waals surface area contributed by atoms with Gasteiger partial charge in [-0.25, -0.2) is 9.97 Å². The molecule has 8 heteroatoms. The van der Waals surface area contributed by atoms with E-state index in [1.165, 1.54) is 6.33 Å². The van der Waals surface area contributed by atoms with Crippen molar-refractivity contribution in [1.29, 1.82) is 5.26 Å². The summed E-state index contributed by atoms with van der Waals surface area (Å²) in [6.07, 6.45) is 3.67. The quantitative estimate of drug-likeness (QED) is 0.336. The molecule has 0 spiro atoms. The first-order valence-corrected chi connectivity index (χ1v) is 12.2. The Morgan fingerprint density at radius 2 is 1.89 bits per heavy atom. The number of rotatable bonds is 7. The summed E-state index contributed by atoms with van der Waals surface area (Å²) in [5, 5.41) is 13.9. The monoisotopic (exact) mass is 499 g/mol. The van der Waals surface area contributed by atoms with Gasteiger partial charge in [-0.15, -0.1) is 0 Å². The highest BCUT2D eigenvalue weighted by atomic mass is 35.5. The maximum atomic E-state index is 9.28. The Labute approximate surface area is 215 Å². The van der Waals surface area contributed by atoms with E-state index in [2.05, 4.69) is 33.3 Å². The van der Waals surface area contributed by atoms with Crippen LogP contribution in [0.3, 0.4) is 0 Å².